The summed E-state index contributed by atoms with van der Waals surface area (Å²) in [5.74, 6) is -1.42. The summed E-state index contributed by atoms with van der Waals surface area (Å²) >= 11 is 0. The lowest BCUT2D eigenvalue weighted by molar-refractivity contribution is -0.155. The number of fused-ring (bicyclic) bond motifs is 1. The van der Waals surface area contributed by atoms with Crippen molar-refractivity contribution in [2.45, 2.75) is 31.0 Å². The Kier molecular flexibility index (Phi) is 10.9. The van der Waals surface area contributed by atoms with Crippen LogP contribution in [0.2, 0.25) is 0 Å². The molecule has 0 unspecified atom stereocenters. The van der Waals surface area contributed by atoms with Crippen molar-refractivity contribution in [3.05, 3.63) is 141 Å². The van der Waals surface area contributed by atoms with Crippen LogP contribution in [0.3, 0.4) is 0 Å². The van der Waals surface area contributed by atoms with Gasteiger partial charge in [0.1, 0.15) is 11.5 Å². The first-order valence-corrected chi connectivity index (χ1v) is 18.6. The lowest BCUT2D eigenvalue weighted by Crippen LogP contribution is -2.62. The molecule has 1 spiro atoms. The van der Waals surface area contributed by atoms with Gasteiger partial charge in [-0.3, -0.25) is 14.4 Å². The maximum absolute atomic E-state index is 13.3. The Labute approximate surface area is 322 Å². The van der Waals surface area contributed by atoms with E-state index in [-0.39, 0.29) is 58.6 Å². The van der Waals surface area contributed by atoms with Gasteiger partial charge in [-0.1, -0.05) is 60.7 Å². The number of likely N-dealkylation sites (tertiary alicyclic amines) is 2. The van der Waals surface area contributed by atoms with E-state index in [1.54, 1.807) is 47.4 Å². The molecule has 0 aliphatic carbocycles. The fourth-order valence-corrected chi connectivity index (χ4v) is 7.71. The number of nitrogens with one attached hydrogen (secondary N) is 2. The molecule has 2 saturated heterocycles. The number of rotatable bonds is 13. The highest BCUT2D eigenvalue weighted by atomic mass is 16.5. The molecule has 13 heteroatoms. The van der Waals surface area contributed by atoms with Crippen LogP contribution < -0.4 is 15.6 Å². The fourth-order valence-electron chi connectivity index (χ4n) is 7.71. The first-order chi connectivity index (χ1) is 27.0. The monoisotopic (exact) mass is 760 g/mol. The summed E-state index contributed by atoms with van der Waals surface area (Å²) in [5.41, 5.74) is 0.206. The van der Waals surface area contributed by atoms with Gasteiger partial charge in [0.2, 0.25) is 11.2 Å². The normalized spacial score (nSPS) is 16.5. The number of carboxylic acids is 1. The lowest BCUT2D eigenvalue weighted by Gasteiger charge is -2.53. The number of hydrogen-bond acceptors (Lipinski definition) is 9. The number of aliphatic hydroxyl groups excluding tert-OH is 1. The van der Waals surface area contributed by atoms with Crippen LogP contribution in [-0.2, 0) is 21.6 Å². The fraction of sp³-hybridized carbons (Fsp3) is 0.302. The number of phenols is 1. The molecule has 2 atom stereocenters. The summed E-state index contributed by atoms with van der Waals surface area (Å²) < 4.78 is 5.75. The number of aromatic amines is 1. The van der Waals surface area contributed by atoms with Crippen molar-refractivity contribution in [2.75, 3.05) is 45.9 Å². The molecule has 2 amide bonds. The molecule has 0 saturated carbocycles. The van der Waals surface area contributed by atoms with Crippen LogP contribution in [0.25, 0.3) is 10.9 Å². The topological polar surface area (TPSA) is 193 Å². The standard InChI is InChI=1S/C43H44N4O9/c48-35-15-13-33(34-14-16-37(50)45-39(34)35)36(49)24-44-20-17-28-9-11-29(12-10-28)40(52)46-21-18-42(19-22-46)26-47(27-42)38(51)25-56-32-8-4-7-31(23-32)43(55,41(53)54)30-5-2-1-3-6-30/h1-16,23,36,44,48-49,55H,17-22,24-27H2,(H,45,50)(H,53,54)/t36-,43-/m0/s1. The number of carbonyl (C=O) groups excluding carboxylic acids is 2. The number of aromatic nitrogens is 1. The molecular weight excluding hydrogens is 716 g/mol. The summed E-state index contributed by atoms with van der Waals surface area (Å²) in [6, 6.07) is 27.8. The van der Waals surface area contributed by atoms with Crippen molar-refractivity contribution in [1.29, 1.82) is 0 Å². The number of benzene rings is 4. The molecule has 2 fully saturated rings. The van der Waals surface area contributed by atoms with Crippen molar-refractivity contribution in [3.63, 3.8) is 0 Å². The maximum Gasteiger partial charge on any atom is 0.345 e. The molecule has 13 nitrogen and oxygen atoms in total. The summed E-state index contributed by atoms with van der Waals surface area (Å²) in [6.07, 6.45) is 1.40. The summed E-state index contributed by atoms with van der Waals surface area (Å²) in [6.45, 7) is 2.99. The minimum atomic E-state index is -2.28. The molecule has 4 aromatic carbocycles. The van der Waals surface area contributed by atoms with Gasteiger partial charge in [0.25, 0.3) is 11.8 Å². The number of carboxylic acid groups (broad SMARTS) is 1. The number of H-pyrrole nitrogens is 1. The molecule has 0 radical (unpaired) electrons. The third kappa shape index (κ3) is 7.87. The zero-order chi connectivity index (χ0) is 39.5. The van der Waals surface area contributed by atoms with Crippen LogP contribution in [-0.4, -0.2) is 98.9 Å². The third-order valence-corrected chi connectivity index (χ3v) is 11.0. The number of piperidine rings is 1. The molecule has 56 heavy (non-hydrogen) atoms. The number of pyridine rings is 1. The second-order valence-electron chi connectivity index (χ2n) is 14.7. The molecular formula is C43H44N4O9. The van der Waals surface area contributed by atoms with Crippen LogP contribution in [0, 0.1) is 5.41 Å². The zero-order valence-corrected chi connectivity index (χ0v) is 30.7. The van der Waals surface area contributed by atoms with E-state index >= 15 is 0 Å². The Hall–Kier alpha value is -6.02. The van der Waals surface area contributed by atoms with E-state index in [1.807, 2.05) is 29.2 Å². The largest absolute Gasteiger partial charge is 0.506 e. The number of aliphatic hydroxyl groups is 2. The lowest BCUT2D eigenvalue weighted by atomic mass is 9.72. The van der Waals surface area contributed by atoms with E-state index in [2.05, 4.69) is 10.3 Å². The number of carbonyl (C=O) groups is 3. The molecule has 3 heterocycles. The Bertz CT molecular complexity index is 2280. The highest BCUT2D eigenvalue weighted by Gasteiger charge is 2.47. The Morgan fingerprint density at radius 2 is 1.59 bits per heavy atom. The highest BCUT2D eigenvalue weighted by molar-refractivity contribution is 5.94. The summed E-state index contributed by atoms with van der Waals surface area (Å²) in [4.78, 5) is 56.4. The number of aromatic hydroxyl groups is 1. The zero-order valence-electron chi connectivity index (χ0n) is 30.7. The molecule has 1 aromatic heterocycles. The molecule has 5 aromatic rings. The predicted molar refractivity (Wildman–Crippen MR) is 207 cm³/mol. The van der Waals surface area contributed by atoms with Gasteiger partial charge in [-0.15, -0.1) is 0 Å². The van der Waals surface area contributed by atoms with Crippen molar-refractivity contribution < 1.29 is 39.5 Å². The smallest absolute Gasteiger partial charge is 0.345 e. The van der Waals surface area contributed by atoms with Gasteiger partial charge < -0.3 is 45.3 Å². The van der Waals surface area contributed by atoms with Gasteiger partial charge in [0.15, 0.2) is 6.61 Å². The average molecular weight is 761 g/mol. The van der Waals surface area contributed by atoms with Crippen LogP contribution >= 0.6 is 0 Å². The van der Waals surface area contributed by atoms with Gasteiger partial charge in [0.05, 0.1) is 11.6 Å². The van der Waals surface area contributed by atoms with Crippen LogP contribution in [0.1, 0.15) is 51.6 Å². The van der Waals surface area contributed by atoms with Crippen molar-refractivity contribution >= 4 is 28.7 Å². The van der Waals surface area contributed by atoms with Gasteiger partial charge in [-0.05, 0) is 78.9 Å². The van der Waals surface area contributed by atoms with Crippen LogP contribution in [0.4, 0.5) is 0 Å². The number of hydrogen-bond donors (Lipinski definition) is 6. The second-order valence-corrected chi connectivity index (χ2v) is 14.7. The van der Waals surface area contributed by atoms with Crippen LogP contribution in [0.15, 0.2) is 108 Å². The van der Waals surface area contributed by atoms with Gasteiger partial charge in [-0.2, -0.15) is 0 Å². The van der Waals surface area contributed by atoms with E-state index in [9.17, 15) is 39.6 Å². The van der Waals surface area contributed by atoms with E-state index in [0.717, 1.165) is 18.4 Å². The van der Waals surface area contributed by atoms with E-state index in [4.69, 9.17) is 4.74 Å². The average Bonchev–Trinajstić information content (AvgIpc) is 3.21. The quantitative estimate of drug-likeness (QED) is 0.0968. The number of ether oxygens (including phenoxy) is 1. The second kappa shape index (κ2) is 16.0. The van der Waals surface area contributed by atoms with Crippen molar-refractivity contribution in [2.24, 2.45) is 5.41 Å². The Morgan fingerprint density at radius 1 is 0.875 bits per heavy atom. The minimum Gasteiger partial charge on any atom is -0.506 e. The van der Waals surface area contributed by atoms with Crippen LogP contribution in [0.5, 0.6) is 11.5 Å². The van der Waals surface area contributed by atoms with Crippen molar-refractivity contribution in [1.82, 2.24) is 20.1 Å². The number of phenolic OH excluding ortho intramolecular Hbond substituents is 1. The van der Waals surface area contributed by atoms with E-state index < -0.39 is 17.7 Å². The summed E-state index contributed by atoms with van der Waals surface area (Å²) in [7, 11) is 0. The molecule has 0 bridgehead atoms. The van der Waals surface area contributed by atoms with Gasteiger partial charge in [0, 0.05) is 60.7 Å². The molecule has 2 aliphatic heterocycles. The Balaban J connectivity index is 0.837. The maximum atomic E-state index is 13.3. The first kappa shape index (κ1) is 38.3. The summed E-state index contributed by atoms with van der Waals surface area (Å²) in [5, 5.41) is 45.8. The van der Waals surface area contributed by atoms with Gasteiger partial charge in [-0.25, -0.2) is 4.79 Å². The number of amides is 2. The molecule has 290 valence electrons. The van der Waals surface area contributed by atoms with E-state index in [0.29, 0.717) is 61.2 Å². The third-order valence-electron chi connectivity index (χ3n) is 11.0. The molecule has 2 aliphatic rings. The van der Waals surface area contributed by atoms with E-state index in [1.165, 1.54) is 36.4 Å². The van der Waals surface area contributed by atoms with Gasteiger partial charge >= 0.3 is 5.97 Å². The van der Waals surface area contributed by atoms with Crippen molar-refractivity contribution in [3.8, 4) is 11.5 Å². The highest BCUT2D eigenvalue weighted by Crippen LogP contribution is 2.41. The first-order valence-electron chi connectivity index (χ1n) is 18.6. The SMILES string of the molecule is O=C(COc1cccc([C@](O)(C(=O)O)c2ccccc2)c1)N1CC2(CCN(C(=O)c3ccc(CCNC[C@H](O)c4ccc(O)c5[nH]c(=O)ccc45)cc3)CC2)C1. The Morgan fingerprint density at radius 3 is 2.30 bits per heavy atom. The molecule has 7 rings (SSSR count). The molecule has 6 N–H and O–H groups in total. The number of nitrogens with zero attached hydrogens (tertiary/aromatic N) is 2. The predicted octanol–water partition coefficient (Wildman–Crippen LogP) is 3.56. The minimum absolute atomic E-state index is 0.0277. The number of aliphatic carboxylic acids is 1.